The summed E-state index contributed by atoms with van der Waals surface area (Å²) in [5.41, 5.74) is 1.16. The number of rotatable bonds is 5. The third kappa shape index (κ3) is 2.81. The number of benzene rings is 3. The Morgan fingerprint density at radius 1 is 0.652 bits per heavy atom. The van der Waals surface area contributed by atoms with Gasteiger partial charge in [0.25, 0.3) is 0 Å². The highest BCUT2D eigenvalue weighted by Crippen LogP contribution is 2.20. The molecule has 0 aromatic heterocycles. The van der Waals surface area contributed by atoms with Crippen LogP contribution in [0.15, 0.2) is 91.0 Å². The first-order valence-electron chi connectivity index (χ1n) is 7.74. The Labute approximate surface area is 139 Å². The van der Waals surface area contributed by atoms with Crippen LogP contribution in [0.1, 0.15) is 0 Å². The molecule has 0 radical (unpaired) electrons. The van der Waals surface area contributed by atoms with Crippen molar-refractivity contribution in [3.63, 3.8) is 0 Å². The van der Waals surface area contributed by atoms with Crippen molar-refractivity contribution in [3.8, 4) is 0 Å². The second kappa shape index (κ2) is 6.81. The van der Waals surface area contributed by atoms with E-state index in [1.807, 2.05) is 25.3 Å². The van der Waals surface area contributed by atoms with Crippen molar-refractivity contribution in [2.75, 3.05) is 18.7 Å². The molecule has 3 rings (SSSR count). The van der Waals surface area contributed by atoms with Gasteiger partial charge in [-0.3, -0.25) is 0 Å². The van der Waals surface area contributed by atoms with Crippen molar-refractivity contribution in [2.45, 2.75) is 0 Å². The molecule has 0 unspecified atom stereocenters. The molecule has 0 amide bonds. The SMILES string of the molecule is CO[Si](c1ccccc1)(c1ccccc1)N(C)c1ccccc1. The lowest BCUT2D eigenvalue weighted by Gasteiger charge is -2.40. The molecular formula is C20H21NOSi. The van der Waals surface area contributed by atoms with Crippen molar-refractivity contribution in [3.05, 3.63) is 91.0 Å². The molecule has 0 aliphatic carbocycles. The molecule has 0 fully saturated rings. The van der Waals surface area contributed by atoms with Crippen LogP contribution in [0, 0.1) is 0 Å². The minimum atomic E-state index is -2.53. The number of hydrogen-bond donors (Lipinski definition) is 0. The van der Waals surface area contributed by atoms with Crippen LogP contribution >= 0.6 is 0 Å². The summed E-state index contributed by atoms with van der Waals surface area (Å²) >= 11 is 0. The van der Waals surface area contributed by atoms with Crippen LogP contribution in [0.25, 0.3) is 0 Å². The maximum absolute atomic E-state index is 6.29. The average molecular weight is 319 g/mol. The fraction of sp³-hybridized carbons (Fsp3) is 0.100. The van der Waals surface area contributed by atoms with Gasteiger partial charge in [-0.15, -0.1) is 0 Å². The summed E-state index contributed by atoms with van der Waals surface area (Å²) in [6.07, 6.45) is 0. The highest BCUT2D eigenvalue weighted by Gasteiger charge is 2.44. The predicted molar refractivity (Wildman–Crippen MR) is 99.8 cm³/mol. The molecule has 3 aromatic rings. The van der Waals surface area contributed by atoms with Crippen LogP contribution in [0.4, 0.5) is 5.69 Å². The van der Waals surface area contributed by atoms with E-state index >= 15 is 0 Å². The van der Waals surface area contributed by atoms with Crippen LogP contribution in [0.3, 0.4) is 0 Å². The van der Waals surface area contributed by atoms with E-state index in [9.17, 15) is 0 Å². The monoisotopic (exact) mass is 319 g/mol. The van der Waals surface area contributed by atoms with E-state index in [-0.39, 0.29) is 0 Å². The second-order valence-electron chi connectivity index (χ2n) is 5.47. The summed E-state index contributed by atoms with van der Waals surface area (Å²) in [5.74, 6) is 0. The highest BCUT2D eigenvalue weighted by molar-refractivity contribution is 7.00. The molecule has 0 aliphatic heterocycles. The van der Waals surface area contributed by atoms with Crippen molar-refractivity contribution < 1.29 is 4.43 Å². The van der Waals surface area contributed by atoms with Crippen molar-refractivity contribution in [1.82, 2.24) is 0 Å². The third-order valence-corrected chi connectivity index (χ3v) is 8.27. The smallest absolute Gasteiger partial charge is 0.368 e. The Bertz CT molecular complexity index is 692. The zero-order valence-electron chi connectivity index (χ0n) is 13.5. The summed E-state index contributed by atoms with van der Waals surface area (Å²) in [7, 11) is 1.42. The van der Waals surface area contributed by atoms with Gasteiger partial charge in [0.1, 0.15) is 0 Å². The molecular weight excluding hydrogens is 298 g/mol. The van der Waals surface area contributed by atoms with Gasteiger partial charge in [0, 0.05) is 19.8 Å². The summed E-state index contributed by atoms with van der Waals surface area (Å²) < 4.78 is 8.61. The van der Waals surface area contributed by atoms with Crippen LogP contribution < -0.4 is 14.9 Å². The van der Waals surface area contributed by atoms with Gasteiger partial charge >= 0.3 is 8.48 Å². The van der Waals surface area contributed by atoms with Crippen LogP contribution in [0.2, 0.25) is 0 Å². The summed E-state index contributed by atoms with van der Waals surface area (Å²) in [6, 6.07) is 31.5. The maximum atomic E-state index is 6.29. The molecule has 3 heteroatoms. The van der Waals surface area contributed by atoms with Gasteiger partial charge in [0.05, 0.1) is 0 Å². The molecule has 0 aliphatic rings. The van der Waals surface area contributed by atoms with Gasteiger partial charge < -0.3 is 8.99 Å². The van der Waals surface area contributed by atoms with E-state index in [1.54, 1.807) is 0 Å². The summed E-state index contributed by atoms with van der Waals surface area (Å²) in [4.78, 5) is 0. The summed E-state index contributed by atoms with van der Waals surface area (Å²) in [6.45, 7) is 0. The van der Waals surface area contributed by atoms with Crippen LogP contribution in [-0.2, 0) is 4.43 Å². The molecule has 0 saturated carbocycles. The molecule has 0 atom stereocenters. The van der Waals surface area contributed by atoms with Gasteiger partial charge in [-0.25, -0.2) is 0 Å². The molecule has 3 aromatic carbocycles. The predicted octanol–water partition coefficient (Wildman–Crippen LogP) is 3.03. The molecule has 0 saturated heterocycles. The van der Waals surface area contributed by atoms with Crippen molar-refractivity contribution >= 4 is 24.5 Å². The highest BCUT2D eigenvalue weighted by atomic mass is 28.4. The normalized spacial score (nSPS) is 11.2. The summed E-state index contributed by atoms with van der Waals surface area (Å²) in [5, 5.41) is 2.47. The Kier molecular flexibility index (Phi) is 4.60. The number of anilines is 1. The van der Waals surface area contributed by atoms with E-state index in [2.05, 4.69) is 84.4 Å². The molecule has 0 bridgehead atoms. The van der Waals surface area contributed by atoms with Gasteiger partial charge in [0.15, 0.2) is 0 Å². The Morgan fingerprint density at radius 3 is 1.43 bits per heavy atom. The molecule has 23 heavy (non-hydrogen) atoms. The minimum Gasteiger partial charge on any atom is -0.396 e. The van der Waals surface area contributed by atoms with E-state index in [1.165, 1.54) is 10.4 Å². The zero-order chi connectivity index (χ0) is 16.1. The van der Waals surface area contributed by atoms with Crippen LogP contribution in [-0.4, -0.2) is 22.6 Å². The molecule has 0 spiro atoms. The molecule has 0 N–H and O–H groups in total. The molecule has 2 nitrogen and oxygen atoms in total. The van der Waals surface area contributed by atoms with E-state index in [0.717, 1.165) is 5.69 Å². The number of nitrogens with zero attached hydrogens (tertiary/aromatic N) is 1. The fourth-order valence-corrected chi connectivity index (χ4v) is 6.74. The van der Waals surface area contributed by atoms with Gasteiger partial charge in [-0.2, -0.15) is 0 Å². The number of hydrogen-bond acceptors (Lipinski definition) is 2. The molecule has 116 valence electrons. The van der Waals surface area contributed by atoms with Gasteiger partial charge in [-0.05, 0) is 22.5 Å². The van der Waals surface area contributed by atoms with E-state index in [4.69, 9.17) is 4.43 Å². The third-order valence-electron chi connectivity index (χ3n) is 4.24. The van der Waals surface area contributed by atoms with Gasteiger partial charge in [0.2, 0.25) is 0 Å². The lowest BCUT2D eigenvalue weighted by atomic mass is 10.3. The average Bonchev–Trinajstić information content (AvgIpc) is 2.65. The van der Waals surface area contributed by atoms with Gasteiger partial charge in [-0.1, -0.05) is 78.9 Å². The fourth-order valence-electron chi connectivity index (χ4n) is 3.09. The molecule has 0 heterocycles. The number of para-hydroxylation sites is 1. The first-order chi connectivity index (χ1) is 11.3. The van der Waals surface area contributed by atoms with E-state index < -0.39 is 8.48 Å². The minimum absolute atomic E-state index is 1.16. The quantitative estimate of drug-likeness (QED) is 0.670. The van der Waals surface area contributed by atoms with Crippen molar-refractivity contribution in [2.24, 2.45) is 0 Å². The maximum Gasteiger partial charge on any atom is 0.368 e. The Morgan fingerprint density at radius 2 is 1.04 bits per heavy atom. The standard InChI is InChI=1S/C20H21NOSi/c1-21(18-12-6-3-7-13-18)23(22-2,19-14-8-4-9-15-19)20-16-10-5-11-17-20/h3-17H,1-2H3. The topological polar surface area (TPSA) is 12.5 Å². The Balaban J connectivity index is 2.21. The first-order valence-corrected chi connectivity index (χ1v) is 9.59. The van der Waals surface area contributed by atoms with E-state index in [0.29, 0.717) is 0 Å². The lowest BCUT2D eigenvalue weighted by Crippen LogP contribution is -2.71. The lowest BCUT2D eigenvalue weighted by molar-refractivity contribution is 0.414. The largest absolute Gasteiger partial charge is 0.396 e. The first kappa shape index (κ1) is 15.5. The zero-order valence-corrected chi connectivity index (χ0v) is 14.5. The van der Waals surface area contributed by atoms with Crippen LogP contribution in [0.5, 0.6) is 0 Å². The second-order valence-corrected chi connectivity index (χ2v) is 9.00. The Hall–Kier alpha value is -2.36. The van der Waals surface area contributed by atoms with Crippen molar-refractivity contribution in [1.29, 1.82) is 0 Å².